The van der Waals surface area contributed by atoms with Crippen LogP contribution in [0.3, 0.4) is 0 Å². The molecule has 0 unspecified atom stereocenters. The molecule has 1 aliphatic rings. The number of thiophene rings is 1. The maximum Gasteiger partial charge on any atom is 0.0280 e. The van der Waals surface area contributed by atoms with Gasteiger partial charge in [-0.25, -0.2) is 0 Å². The molecule has 1 saturated carbocycles. The third-order valence-electron chi connectivity index (χ3n) is 3.22. The minimum absolute atomic E-state index is 0.503. The van der Waals surface area contributed by atoms with Gasteiger partial charge in [-0.3, -0.25) is 0 Å². The Kier molecular flexibility index (Phi) is 2.95. The number of hydrogen-bond donors (Lipinski definition) is 0. The highest BCUT2D eigenvalue weighted by Gasteiger charge is 2.35. The summed E-state index contributed by atoms with van der Waals surface area (Å²) in [6.45, 7) is 0. The van der Waals surface area contributed by atoms with E-state index in [4.69, 9.17) is 11.6 Å². The van der Waals surface area contributed by atoms with Gasteiger partial charge in [-0.05, 0) is 53.5 Å². The molecular formula is C11H15ClS. The van der Waals surface area contributed by atoms with Crippen LogP contribution >= 0.6 is 22.9 Å². The lowest BCUT2D eigenvalue weighted by atomic mass is 9.67. The van der Waals surface area contributed by atoms with E-state index >= 15 is 0 Å². The lowest BCUT2D eigenvalue weighted by Crippen LogP contribution is -2.31. The summed E-state index contributed by atoms with van der Waals surface area (Å²) in [5.74, 6) is 0.858. The number of hydrogen-bond acceptors (Lipinski definition) is 1. The van der Waals surface area contributed by atoms with Crippen LogP contribution in [0.15, 0.2) is 16.8 Å². The molecule has 0 radical (unpaired) electrons. The minimum Gasteiger partial charge on any atom is -0.152 e. The predicted molar refractivity (Wildman–Crippen MR) is 59.6 cm³/mol. The van der Waals surface area contributed by atoms with Crippen molar-refractivity contribution in [2.75, 3.05) is 5.88 Å². The Balaban J connectivity index is 1.84. The Morgan fingerprint density at radius 1 is 1.46 bits per heavy atom. The van der Waals surface area contributed by atoms with Gasteiger partial charge >= 0.3 is 0 Å². The van der Waals surface area contributed by atoms with E-state index < -0.39 is 0 Å². The van der Waals surface area contributed by atoms with Crippen LogP contribution in [0.4, 0.5) is 0 Å². The first-order valence-electron chi connectivity index (χ1n) is 4.92. The van der Waals surface area contributed by atoms with E-state index in [1.807, 2.05) is 0 Å². The van der Waals surface area contributed by atoms with Crippen molar-refractivity contribution in [3.8, 4) is 0 Å². The van der Waals surface area contributed by atoms with Crippen molar-refractivity contribution in [2.45, 2.75) is 32.1 Å². The second kappa shape index (κ2) is 4.02. The molecule has 1 fully saturated rings. The molecule has 13 heavy (non-hydrogen) atoms. The second-order valence-electron chi connectivity index (χ2n) is 4.12. The summed E-state index contributed by atoms with van der Waals surface area (Å²) < 4.78 is 0. The SMILES string of the molecule is ClCC1(CCc2ccsc2)CCC1. The van der Waals surface area contributed by atoms with Crippen molar-refractivity contribution < 1.29 is 0 Å². The van der Waals surface area contributed by atoms with Crippen LogP contribution in [-0.2, 0) is 6.42 Å². The van der Waals surface area contributed by atoms with Crippen molar-refractivity contribution in [3.63, 3.8) is 0 Å². The van der Waals surface area contributed by atoms with E-state index in [0.29, 0.717) is 5.41 Å². The molecule has 0 atom stereocenters. The topological polar surface area (TPSA) is 0 Å². The quantitative estimate of drug-likeness (QED) is 0.663. The van der Waals surface area contributed by atoms with Gasteiger partial charge in [-0.15, -0.1) is 11.6 Å². The van der Waals surface area contributed by atoms with Crippen molar-refractivity contribution in [1.82, 2.24) is 0 Å². The van der Waals surface area contributed by atoms with Gasteiger partial charge in [0.05, 0.1) is 0 Å². The van der Waals surface area contributed by atoms with Gasteiger partial charge < -0.3 is 0 Å². The normalized spacial score (nSPS) is 19.8. The third-order valence-corrected chi connectivity index (χ3v) is 4.52. The average molecular weight is 215 g/mol. The Bertz CT molecular complexity index is 244. The van der Waals surface area contributed by atoms with E-state index in [1.165, 1.54) is 37.7 Å². The lowest BCUT2D eigenvalue weighted by Gasteiger charge is -2.40. The minimum atomic E-state index is 0.503. The van der Waals surface area contributed by atoms with Gasteiger partial charge in [0.25, 0.3) is 0 Å². The molecule has 72 valence electrons. The standard InChI is InChI=1S/C11H15ClS/c12-9-11(4-1-5-11)6-2-10-3-7-13-8-10/h3,7-8H,1-2,4-6,9H2. The molecule has 1 aromatic rings. The largest absolute Gasteiger partial charge is 0.152 e. The van der Waals surface area contributed by atoms with Gasteiger partial charge in [0.15, 0.2) is 0 Å². The molecule has 0 aliphatic heterocycles. The highest BCUT2D eigenvalue weighted by Crippen LogP contribution is 2.45. The highest BCUT2D eigenvalue weighted by atomic mass is 35.5. The molecule has 0 amide bonds. The van der Waals surface area contributed by atoms with Gasteiger partial charge in [-0.1, -0.05) is 6.42 Å². The summed E-state index contributed by atoms with van der Waals surface area (Å²) in [6, 6.07) is 2.23. The molecule has 0 nitrogen and oxygen atoms in total. The lowest BCUT2D eigenvalue weighted by molar-refractivity contribution is 0.152. The second-order valence-corrected chi connectivity index (χ2v) is 5.17. The van der Waals surface area contributed by atoms with E-state index in [2.05, 4.69) is 16.8 Å². The number of halogens is 1. The zero-order chi connectivity index (χ0) is 9.15. The molecule has 1 aliphatic carbocycles. The molecule has 0 spiro atoms. The average Bonchev–Trinajstić information content (AvgIpc) is 2.56. The molecule has 0 bridgehead atoms. The number of rotatable bonds is 4. The summed E-state index contributed by atoms with van der Waals surface area (Å²) in [5, 5.41) is 4.41. The Hall–Kier alpha value is -0.0100. The Labute approximate surface area is 88.9 Å². The fourth-order valence-corrected chi connectivity index (χ4v) is 3.08. The molecule has 1 heterocycles. The van der Waals surface area contributed by atoms with Crippen LogP contribution in [0.25, 0.3) is 0 Å². The molecule has 2 rings (SSSR count). The monoisotopic (exact) mass is 214 g/mol. The molecule has 2 heteroatoms. The molecule has 0 saturated heterocycles. The zero-order valence-electron chi connectivity index (χ0n) is 7.76. The summed E-state index contributed by atoms with van der Waals surface area (Å²) in [7, 11) is 0. The fraction of sp³-hybridized carbons (Fsp3) is 0.636. The van der Waals surface area contributed by atoms with E-state index in [9.17, 15) is 0 Å². The summed E-state index contributed by atoms with van der Waals surface area (Å²) in [4.78, 5) is 0. The van der Waals surface area contributed by atoms with Crippen LogP contribution in [0.2, 0.25) is 0 Å². The molecule has 0 aromatic carbocycles. The molecule has 0 N–H and O–H groups in total. The number of aryl methyl sites for hydroxylation is 1. The molecule has 1 aromatic heterocycles. The van der Waals surface area contributed by atoms with Gasteiger partial charge in [0, 0.05) is 5.88 Å². The van der Waals surface area contributed by atoms with E-state index in [-0.39, 0.29) is 0 Å². The van der Waals surface area contributed by atoms with Crippen LogP contribution in [0, 0.1) is 5.41 Å². The fourth-order valence-electron chi connectivity index (χ4n) is 1.97. The highest BCUT2D eigenvalue weighted by molar-refractivity contribution is 7.07. The first-order chi connectivity index (χ1) is 6.35. The summed E-state index contributed by atoms with van der Waals surface area (Å²) >= 11 is 7.79. The van der Waals surface area contributed by atoms with Crippen molar-refractivity contribution in [2.24, 2.45) is 5.41 Å². The first-order valence-corrected chi connectivity index (χ1v) is 6.39. The Morgan fingerprint density at radius 2 is 2.31 bits per heavy atom. The smallest absolute Gasteiger partial charge is 0.0280 e. The van der Waals surface area contributed by atoms with Crippen LogP contribution < -0.4 is 0 Å². The van der Waals surface area contributed by atoms with Crippen LogP contribution in [-0.4, -0.2) is 5.88 Å². The van der Waals surface area contributed by atoms with Gasteiger partial charge in [-0.2, -0.15) is 11.3 Å². The zero-order valence-corrected chi connectivity index (χ0v) is 9.33. The van der Waals surface area contributed by atoms with Gasteiger partial charge in [0.1, 0.15) is 0 Å². The Morgan fingerprint density at radius 3 is 2.77 bits per heavy atom. The first kappa shape index (κ1) is 9.54. The van der Waals surface area contributed by atoms with Crippen molar-refractivity contribution in [3.05, 3.63) is 22.4 Å². The summed E-state index contributed by atoms with van der Waals surface area (Å²) in [5.41, 5.74) is 1.99. The number of alkyl halides is 1. The maximum atomic E-state index is 6.00. The third kappa shape index (κ3) is 2.08. The molecular weight excluding hydrogens is 200 g/mol. The van der Waals surface area contributed by atoms with E-state index in [1.54, 1.807) is 11.3 Å². The van der Waals surface area contributed by atoms with E-state index in [0.717, 1.165) is 5.88 Å². The van der Waals surface area contributed by atoms with Crippen molar-refractivity contribution in [1.29, 1.82) is 0 Å². The van der Waals surface area contributed by atoms with Crippen LogP contribution in [0.1, 0.15) is 31.2 Å². The summed E-state index contributed by atoms with van der Waals surface area (Å²) in [6.07, 6.45) is 6.58. The van der Waals surface area contributed by atoms with Gasteiger partial charge in [0.2, 0.25) is 0 Å². The van der Waals surface area contributed by atoms with Crippen molar-refractivity contribution >= 4 is 22.9 Å². The predicted octanol–water partition coefficient (Wildman–Crippen LogP) is 4.09. The van der Waals surface area contributed by atoms with Crippen LogP contribution in [0.5, 0.6) is 0 Å². The maximum absolute atomic E-state index is 6.00.